The summed E-state index contributed by atoms with van der Waals surface area (Å²) in [5.41, 5.74) is 0.566. The van der Waals surface area contributed by atoms with Crippen LogP contribution >= 0.6 is 15.9 Å². The number of hydrogen-bond donors (Lipinski definition) is 0. The average Bonchev–Trinajstić information content (AvgIpc) is 3.19. The van der Waals surface area contributed by atoms with Crippen molar-refractivity contribution in [2.75, 3.05) is 26.2 Å². The molecule has 25 heavy (non-hydrogen) atoms. The second-order valence-electron chi connectivity index (χ2n) is 5.87. The predicted octanol–water partition coefficient (Wildman–Crippen LogP) is 1.80. The fourth-order valence-corrected chi connectivity index (χ4v) is 3.21. The highest BCUT2D eigenvalue weighted by molar-refractivity contribution is 9.10. The van der Waals surface area contributed by atoms with E-state index in [1.165, 1.54) is 4.68 Å². The second-order valence-corrected chi connectivity index (χ2v) is 6.67. The zero-order valence-electron chi connectivity index (χ0n) is 13.7. The molecule has 0 spiro atoms. The van der Waals surface area contributed by atoms with Crippen molar-refractivity contribution in [3.8, 4) is 0 Å². The highest BCUT2D eigenvalue weighted by Crippen LogP contribution is 2.27. The maximum atomic E-state index is 12.5. The van der Waals surface area contributed by atoms with E-state index in [1.54, 1.807) is 18.1 Å². The molecule has 0 unspecified atom stereocenters. The zero-order valence-corrected chi connectivity index (χ0v) is 15.3. The molecule has 0 N–H and O–H groups in total. The van der Waals surface area contributed by atoms with E-state index in [0.29, 0.717) is 23.3 Å². The number of nitro groups is 1. The lowest BCUT2D eigenvalue weighted by molar-refractivity contribution is -0.390. The third kappa shape index (κ3) is 3.90. The van der Waals surface area contributed by atoms with Crippen LogP contribution in [-0.4, -0.2) is 56.6 Å². The molecule has 0 aliphatic carbocycles. The van der Waals surface area contributed by atoms with Gasteiger partial charge in [0, 0.05) is 26.2 Å². The van der Waals surface area contributed by atoms with Crippen LogP contribution in [-0.2, 0) is 17.9 Å². The third-order valence-corrected chi connectivity index (χ3v) is 5.19. The highest BCUT2D eigenvalue weighted by Gasteiger charge is 2.27. The van der Waals surface area contributed by atoms with E-state index >= 15 is 0 Å². The Morgan fingerprint density at radius 1 is 1.40 bits per heavy atom. The number of rotatable bonds is 5. The van der Waals surface area contributed by atoms with Gasteiger partial charge in [-0.2, -0.15) is 4.68 Å². The molecule has 0 radical (unpaired) electrons. The molecule has 0 atom stereocenters. The van der Waals surface area contributed by atoms with Gasteiger partial charge < -0.3 is 19.4 Å². The Labute approximate surface area is 152 Å². The van der Waals surface area contributed by atoms with E-state index in [-0.39, 0.29) is 18.3 Å². The molecule has 1 fully saturated rings. The number of halogens is 1. The van der Waals surface area contributed by atoms with Gasteiger partial charge in [-0.3, -0.25) is 9.69 Å². The first-order valence-electron chi connectivity index (χ1n) is 7.85. The number of hydrogen-bond acceptors (Lipinski definition) is 6. The number of amides is 1. The fraction of sp³-hybridized carbons (Fsp3) is 0.467. The normalized spacial score (nSPS) is 15.5. The van der Waals surface area contributed by atoms with Gasteiger partial charge >= 0.3 is 5.82 Å². The van der Waals surface area contributed by atoms with Crippen LogP contribution in [0.3, 0.4) is 0 Å². The molecule has 3 heterocycles. The highest BCUT2D eigenvalue weighted by atomic mass is 79.9. The quantitative estimate of drug-likeness (QED) is 0.549. The summed E-state index contributed by atoms with van der Waals surface area (Å²) < 4.78 is 7.03. The van der Waals surface area contributed by atoms with Gasteiger partial charge in [0.25, 0.3) is 0 Å². The molecule has 0 aromatic carbocycles. The minimum Gasteiger partial charge on any atom is -0.468 e. The Hall–Kier alpha value is -2.20. The Morgan fingerprint density at radius 2 is 2.12 bits per heavy atom. The van der Waals surface area contributed by atoms with Gasteiger partial charge in [-0.05, 0) is 39.9 Å². The van der Waals surface area contributed by atoms with Crippen LogP contribution in [0.15, 0.2) is 27.3 Å². The van der Waals surface area contributed by atoms with Gasteiger partial charge in [-0.1, -0.05) is 0 Å². The van der Waals surface area contributed by atoms with Crippen molar-refractivity contribution in [3.63, 3.8) is 0 Å². The molecule has 0 saturated carbocycles. The lowest BCUT2D eigenvalue weighted by Gasteiger charge is -2.34. The Morgan fingerprint density at radius 3 is 2.68 bits per heavy atom. The van der Waals surface area contributed by atoms with Gasteiger partial charge in [0.15, 0.2) is 0 Å². The van der Waals surface area contributed by atoms with E-state index < -0.39 is 4.92 Å². The van der Waals surface area contributed by atoms with Gasteiger partial charge in [-0.15, -0.1) is 0 Å². The monoisotopic (exact) mass is 411 g/mol. The summed E-state index contributed by atoms with van der Waals surface area (Å²) in [5, 5.41) is 14.8. The first-order chi connectivity index (χ1) is 12.0. The summed E-state index contributed by atoms with van der Waals surface area (Å²) in [6.45, 7) is 5.16. The van der Waals surface area contributed by atoms with Crippen LogP contribution < -0.4 is 0 Å². The molecule has 134 valence electrons. The molecular weight excluding hydrogens is 394 g/mol. The number of nitrogens with zero attached hydrogens (tertiary/aromatic N) is 5. The Balaban J connectivity index is 1.56. The summed E-state index contributed by atoms with van der Waals surface area (Å²) in [6, 6.07) is 3.79. The SMILES string of the molecule is Cc1c(Br)c([N+](=O)[O-])nn1CC(=O)N1CCN(Cc2ccco2)CC1. The first-order valence-corrected chi connectivity index (χ1v) is 8.65. The maximum Gasteiger partial charge on any atom is 0.404 e. The standard InChI is InChI=1S/C15H18BrN5O4/c1-11-14(16)15(21(23)24)17-20(11)10-13(22)19-6-4-18(5-7-19)9-12-3-2-8-25-12/h2-3,8H,4-7,9-10H2,1H3. The summed E-state index contributed by atoms with van der Waals surface area (Å²) in [6.07, 6.45) is 1.65. The van der Waals surface area contributed by atoms with Crippen LogP contribution in [0.25, 0.3) is 0 Å². The zero-order chi connectivity index (χ0) is 18.0. The number of aromatic nitrogens is 2. The predicted molar refractivity (Wildman–Crippen MR) is 91.9 cm³/mol. The summed E-state index contributed by atoms with van der Waals surface area (Å²) in [5.74, 6) is 0.545. The molecule has 3 rings (SSSR count). The number of carbonyl (C=O) groups is 1. The third-order valence-electron chi connectivity index (χ3n) is 4.26. The summed E-state index contributed by atoms with van der Waals surface area (Å²) in [4.78, 5) is 26.8. The molecule has 2 aromatic heterocycles. The van der Waals surface area contributed by atoms with Crippen LogP contribution in [0.1, 0.15) is 11.5 Å². The molecule has 1 saturated heterocycles. The smallest absolute Gasteiger partial charge is 0.404 e. The molecule has 1 aliphatic heterocycles. The maximum absolute atomic E-state index is 12.5. The Kier molecular flexibility index (Phi) is 5.19. The lowest BCUT2D eigenvalue weighted by atomic mass is 10.3. The Bertz CT molecular complexity index is 765. The van der Waals surface area contributed by atoms with Gasteiger partial charge in [0.1, 0.15) is 16.8 Å². The molecule has 0 bridgehead atoms. The molecule has 10 heteroatoms. The lowest BCUT2D eigenvalue weighted by Crippen LogP contribution is -2.49. The molecule has 9 nitrogen and oxygen atoms in total. The number of carbonyl (C=O) groups excluding carboxylic acids is 1. The summed E-state index contributed by atoms with van der Waals surface area (Å²) >= 11 is 3.16. The van der Waals surface area contributed by atoms with E-state index in [0.717, 1.165) is 25.4 Å². The fourth-order valence-electron chi connectivity index (χ4n) is 2.79. The number of piperazine rings is 1. The van der Waals surface area contributed by atoms with Crippen molar-refractivity contribution < 1.29 is 14.1 Å². The molecule has 1 amide bonds. The van der Waals surface area contributed by atoms with E-state index in [1.807, 2.05) is 12.1 Å². The molecule has 2 aromatic rings. The van der Waals surface area contributed by atoms with Crippen molar-refractivity contribution >= 4 is 27.7 Å². The van der Waals surface area contributed by atoms with E-state index in [9.17, 15) is 14.9 Å². The first kappa shape index (κ1) is 17.6. The van der Waals surface area contributed by atoms with Crippen LogP contribution in [0, 0.1) is 17.0 Å². The van der Waals surface area contributed by atoms with Crippen molar-refractivity contribution in [3.05, 3.63) is 44.4 Å². The van der Waals surface area contributed by atoms with Gasteiger partial charge in [0.2, 0.25) is 5.91 Å². The van der Waals surface area contributed by atoms with Crippen molar-refractivity contribution in [1.29, 1.82) is 0 Å². The van der Waals surface area contributed by atoms with Crippen molar-refractivity contribution in [2.24, 2.45) is 0 Å². The van der Waals surface area contributed by atoms with Gasteiger partial charge in [-0.25, -0.2) is 0 Å². The van der Waals surface area contributed by atoms with Crippen molar-refractivity contribution in [1.82, 2.24) is 19.6 Å². The average molecular weight is 412 g/mol. The van der Waals surface area contributed by atoms with Crippen LogP contribution in [0.4, 0.5) is 5.82 Å². The number of furan rings is 1. The minimum absolute atomic E-state index is 0.00351. The van der Waals surface area contributed by atoms with Crippen LogP contribution in [0.5, 0.6) is 0 Å². The van der Waals surface area contributed by atoms with Crippen molar-refractivity contribution in [2.45, 2.75) is 20.0 Å². The van der Waals surface area contributed by atoms with E-state index in [4.69, 9.17) is 4.42 Å². The summed E-state index contributed by atoms with van der Waals surface area (Å²) in [7, 11) is 0. The largest absolute Gasteiger partial charge is 0.468 e. The topological polar surface area (TPSA) is 97.6 Å². The van der Waals surface area contributed by atoms with E-state index in [2.05, 4.69) is 25.9 Å². The van der Waals surface area contributed by atoms with Crippen LogP contribution in [0.2, 0.25) is 0 Å². The second kappa shape index (κ2) is 7.36. The molecular formula is C15H18BrN5O4. The molecule has 1 aliphatic rings. The van der Waals surface area contributed by atoms with Gasteiger partial charge in [0.05, 0.1) is 23.6 Å². The minimum atomic E-state index is -0.564.